The summed E-state index contributed by atoms with van der Waals surface area (Å²) in [6.45, 7) is 8.59. The number of carbonyl (C=O) groups is 1. The van der Waals surface area contributed by atoms with Crippen LogP contribution in [-0.2, 0) is 16.6 Å². The zero-order chi connectivity index (χ0) is 18.4. The van der Waals surface area contributed by atoms with Crippen molar-refractivity contribution >= 4 is 5.91 Å². The van der Waals surface area contributed by atoms with E-state index in [1.807, 2.05) is 31.2 Å². The van der Waals surface area contributed by atoms with E-state index in [1.54, 1.807) is 7.11 Å². The van der Waals surface area contributed by atoms with Crippen molar-refractivity contribution in [1.29, 1.82) is 0 Å². The van der Waals surface area contributed by atoms with Crippen molar-refractivity contribution in [3.05, 3.63) is 65.2 Å². The molecule has 0 bridgehead atoms. The van der Waals surface area contributed by atoms with Gasteiger partial charge in [0.1, 0.15) is 5.75 Å². The molecule has 1 unspecified atom stereocenters. The molecule has 0 radical (unpaired) electrons. The molecule has 0 saturated heterocycles. The molecule has 3 nitrogen and oxygen atoms in total. The number of carbonyl (C=O) groups excluding carboxylic acids is 1. The van der Waals surface area contributed by atoms with Crippen molar-refractivity contribution in [3.8, 4) is 5.75 Å². The van der Waals surface area contributed by atoms with E-state index >= 15 is 0 Å². The topological polar surface area (TPSA) is 38.3 Å². The Bertz CT molecular complexity index is 699. The van der Waals surface area contributed by atoms with E-state index in [-0.39, 0.29) is 17.4 Å². The summed E-state index contributed by atoms with van der Waals surface area (Å²) >= 11 is 0. The fourth-order valence-corrected chi connectivity index (χ4v) is 2.84. The van der Waals surface area contributed by atoms with Crippen LogP contribution in [0.25, 0.3) is 0 Å². The Kier molecular flexibility index (Phi) is 6.24. The molecule has 1 N–H and O–H groups in total. The SMILES string of the molecule is COc1ccccc1C(C)NC(=O)CCc1ccc(C(C)(C)C)cc1. The second kappa shape index (κ2) is 8.19. The average molecular weight is 339 g/mol. The van der Waals surface area contributed by atoms with Gasteiger partial charge in [-0.2, -0.15) is 0 Å². The highest BCUT2D eigenvalue weighted by Crippen LogP contribution is 2.25. The summed E-state index contributed by atoms with van der Waals surface area (Å²) in [6, 6.07) is 16.3. The Morgan fingerprint density at radius 1 is 1.08 bits per heavy atom. The third-order valence-corrected chi connectivity index (χ3v) is 4.44. The molecule has 0 fully saturated rings. The first-order chi connectivity index (χ1) is 11.8. The average Bonchev–Trinajstić information content (AvgIpc) is 2.59. The predicted octanol–water partition coefficient (Wildman–Crippen LogP) is 4.80. The lowest BCUT2D eigenvalue weighted by atomic mass is 9.86. The van der Waals surface area contributed by atoms with Crippen molar-refractivity contribution in [2.45, 2.75) is 52.0 Å². The summed E-state index contributed by atoms with van der Waals surface area (Å²) < 4.78 is 5.36. The van der Waals surface area contributed by atoms with Crippen LogP contribution in [0.5, 0.6) is 5.75 Å². The predicted molar refractivity (Wildman–Crippen MR) is 103 cm³/mol. The van der Waals surface area contributed by atoms with Gasteiger partial charge >= 0.3 is 0 Å². The van der Waals surface area contributed by atoms with Gasteiger partial charge in [-0.15, -0.1) is 0 Å². The first-order valence-corrected chi connectivity index (χ1v) is 8.83. The van der Waals surface area contributed by atoms with Gasteiger partial charge in [0.2, 0.25) is 5.91 Å². The molecule has 0 spiro atoms. The molecule has 3 heteroatoms. The maximum Gasteiger partial charge on any atom is 0.220 e. The van der Waals surface area contributed by atoms with E-state index in [0.29, 0.717) is 6.42 Å². The summed E-state index contributed by atoms with van der Waals surface area (Å²) in [5.41, 5.74) is 3.64. The number of rotatable bonds is 6. The fraction of sp³-hybridized carbons (Fsp3) is 0.409. The molecule has 2 aromatic rings. The molecule has 0 aromatic heterocycles. The van der Waals surface area contributed by atoms with Crippen molar-refractivity contribution in [3.63, 3.8) is 0 Å². The minimum Gasteiger partial charge on any atom is -0.496 e. The molecule has 0 aliphatic rings. The lowest BCUT2D eigenvalue weighted by Gasteiger charge is -2.19. The monoisotopic (exact) mass is 339 g/mol. The van der Waals surface area contributed by atoms with Crippen molar-refractivity contribution in [2.24, 2.45) is 0 Å². The molecule has 1 amide bonds. The number of aryl methyl sites for hydroxylation is 1. The number of hydrogen-bond acceptors (Lipinski definition) is 2. The summed E-state index contributed by atoms with van der Waals surface area (Å²) in [7, 11) is 1.65. The minimum atomic E-state index is -0.0769. The summed E-state index contributed by atoms with van der Waals surface area (Å²) in [4.78, 5) is 12.3. The quantitative estimate of drug-likeness (QED) is 0.821. The molecular formula is C22H29NO2. The number of para-hydroxylation sites is 1. The molecule has 0 saturated carbocycles. The van der Waals surface area contributed by atoms with Gasteiger partial charge in [0.05, 0.1) is 13.2 Å². The van der Waals surface area contributed by atoms with Crippen LogP contribution in [0.3, 0.4) is 0 Å². The van der Waals surface area contributed by atoms with Crippen LogP contribution in [0.4, 0.5) is 0 Å². The molecule has 25 heavy (non-hydrogen) atoms. The minimum absolute atomic E-state index is 0.0540. The zero-order valence-corrected chi connectivity index (χ0v) is 15.9. The van der Waals surface area contributed by atoms with Crippen LogP contribution in [-0.4, -0.2) is 13.0 Å². The zero-order valence-electron chi connectivity index (χ0n) is 15.9. The van der Waals surface area contributed by atoms with Crippen LogP contribution >= 0.6 is 0 Å². The number of amides is 1. The molecule has 0 aliphatic heterocycles. The summed E-state index contributed by atoms with van der Waals surface area (Å²) in [6.07, 6.45) is 1.23. The van der Waals surface area contributed by atoms with Crippen LogP contribution in [0.2, 0.25) is 0 Å². The first kappa shape index (κ1) is 19.0. The van der Waals surface area contributed by atoms with Gasteiger partial charge in [-0.25, -0.2) is 0 Å². The largest absolute Gasteiger partial charge is 0.496 e. The number of ether oxygens (including phenoxy) is 1. The summed E-state index contributed by atoms with van der Waals surface area (Å²) in [5.74, 6) is 0.853. The Morgan fingerprint density at radius 3 is 2.32 bits per heavy atom. The van der Waals surface area contributed by atoms with Crippen molar-refractivity contribution < 1.29 is 9.53 Å². The van der Waals surface area contributed by atoms with Gasteiger partial charge < -0.3 is 10.1 Å². The highest BCUT2D eigenvalue weighted by Gasteiger charge is 2.15. The molecule has 2 aromatic carbocycles. The van der Waals surface area contributed by atoms with Gasteiger partial charge in [0.15, 0.2) is 0 Å². The smallest absolute Gasteiger partial charge is 0.220 e. The molecule has 2 rings (SSSR count). The van der Waals surface area contributed by atoms with Gasteiger partial charge in [-0.05, 0) is 36.0 Å². The molecular weight excluding hydrogens is 310 g/mol. The van der Waals surface area contributed by atoms with Crippen LogP contribution in [0.15, 0.2) is 48.5 Å². The molecule has 0 aliphatic carbocycles. The second-order valence-corrected chi connectivity index (χ2v) is 7.48. The van der Waals surface area contributed by atoms with Gasteiger partial charge in [0.25, 0.3) is 0 Å². The lowest BCUT2D eigenvalue weighted by molar-refractivity contribution is -0.121. The van der Waals surface area contributed by atoms with E-state index in [9.17, 15) is 4.79 Å². The van der Waals surface area contributed by atoms with E-state index in [2.05, 4.69) is 50.4 Å². The maximum absolute atomic E-state index is 12.3. The highest BCUT2D eigenvalue weighted by atomic mass is 16.5. The Balaban J connectivity index is 1.90. The Hall–Kier alpha value is -2.29. The van der Waals surface area contributed by atoms with E-state index in [4.69, 9.17) is 4.74 Å². The Labute approximate surface area is 151 Å². The molecule has 134 valence electrons. The number of nitrogens with one attached hydrogen (secondary N) is 1. The van der Waals surface area contributed by atoms with Gasteiger partial charge in [-0.3, -0.25) is 4.79 Å². The van der Waals surface area contributed by atoms with E-state index < -0.39 is 0 Å². The number of hydrogen-bond donors (Lipinski definition) is 1. The van der Waals surface area contributed by atoms with Crippen LogP contribution < -0.4 is 10.1 Å². The molecule has 0 heterocycles. The Morgan fingerprint density at radius 2 is 1.72 bits per heavy atom. The number of methoxy groups -OCH3 is 1. The van der Waals surface area contributed by atoms with Crippen molar-refractivity contribution in [1.82, 2.24) is 5.32 Å². The third kappa shape index (κ3) is 5.35. The van der Waals surface area contributed by atoms with E-state index in [0.717, 1.165) is 17.7 Å². The first-order valence-electron chi connectivity index (χ1n) is 8.83. The van der Waals surface area contributed by atoms with Crippen molar-refractivity contribution in [2.75, 3.05) is 7.11 Å². The normalized spacial score (nSPS) is 12.5. The van der Waals surface area contributed by atoms with E-state index in [1.165, 1.54) is 11.1 Å². The second-order valence-electron chi connectivity index (χ2n) is 7.48. The van der Waals surface area contributed by atoms with Crippen LogP contribution in [0, 0.1) is 0 Å². The van der Waals surface area contributed by atoms with Crippen LogP contribution in [0.1, 0.15) is 56.8 Å². The standard InChI is InChI=1S/C22H29NO2/c1-16(19-8-6-7-9-20(19)25-5)23-21(24)15-12-17-10-13-18(14-11-17)22(2,3)4/h6-11,13-14,16H,12,15H2,1-5H3,(H,23,24). The van der Waals surface area contributed by atoms with Gasteiger partial charge in [0, 0.05) is 12.0 Å². The highest BCUT2D eigenvalue weighted by molar-refractivity contribution is 5.76. The molecule has 1 atom stereocenters. The summed E-state index contributed by atoms with van der Waals surface area (Å²) in [5, 5.41) is 3.06. The fourth-order valence-electron chi connectivity index (χ4n) is 2.84. The lowest BCUT2D eigenvalue weighted by Crippen LogP contribution is -2.27. The van der Waals surface area contributed by atoms with Gasteiger partial charge in [-0.1, -0.05) is 63.2 Å². The third-order valence-electron chi connectivity index (χ3n) is 4.44. The maximum atomic E-state index is 12.3. The number of benzene rings is 2.